The molecule has 3 aromatic rings. The fourth-order valence-corrected chi connectivity index (χ4v) is 12.6. The molecule has 2 fully saturated rings. The van der Waals surface area contributed by atoms with E-state index in [0.717, 1.165) is 10.4 Å². The minimum absolute atomic E-state index is 0.0853. The number of fused-ring (bicyclic) bond motifs is 1. The average Bonchev–Trinajstić information content (AvgIpc) is 3.72. The van der Waals surface area contributed by atoms with Crippen molar-refractivity contribution < 1.29 is 33.2 Å². The third-order valence-corrected chi connectivity index (χ3v) is 16.6. The summed E-state index contributed by atoms with van der Waals surface area (Å²) in [6, 6.07) is 25.9. The van der Waals surface area contributed by atoms with Crippen LogP contribution in [0.4, 0.5) is 5.69 Å². The number of nitrogens with zero attached hydrogens (tertiary/aromatic N) is 1. The highest BCUT2D eigenvalue weighted by Crippen LogP contribution is 2.37. The average molecular weight is 822 g/mol. The number of hydrogen-bond acceptors (Lipinski definition) is 7. The molecule has 0 bridgehead atoms. The van der Waals surface area contributed by atoms with Crippen molar-refractivity contribution in [3.8, 4) is 0 Å². The van der Waals surface area contributed by atoms with Crippen LogP contribution in [0, 0.1) is 0 Å². The van der Waals surface area contributed by atoms with E-state index >= 15 is 0 Å². The van der Waals surface area contributed by atoms with Gasteiger partial charge in [-0.2, -0.15) is 0 Å². The second-order valence-corrected chi connectivity index (χ2v) is 21.0. The molecule has 2 saturated heterocycles. The van der Waals surface area contributed by atoms with Crippen molar-refractivity contribution in [1.29, 1.82) is 0 Å². The summed E-state index contributed by atoms with van der Waals surface area (Å²) in [4.78, 5) is 83.7. The van der Waals surface area contributed by atoms with E-state index in [4.69, 9.17) is 4.43 Å². The summed E-state index contributed by atoms with van der Waals surface area (Å²) in [7, 11) is -2.95. The molecule has 5 amide bonds. The molecule has 59 heavy (non-hydrogen) atoms. The van der Waals surface area contributed by atoms with Gasteiger partial charge in [0.25, 0.3) is 8.32 Å². The van der Waals surface area contributed by atoms with E-state index in [2.05, 4.69) is 66.3 Å². The van der Waals surface area contributed by atoms with Crippen LogP contribution in [0.5, 0.6) is 0 Å². The largest absolute Gasteiger partial charge is 0.398 e. The monoisotopic (exact) mass is 821 g/mol. The molecule has 0 aromatic heterocycles. The van der Waals surface area contributed by atoms with E-state index in [1.54, 1.807) is 51.1 Å². The Labute approximate surface area is 349 Å². The van der Waals surface area contributed by atoms with Gasteiger partial charge in [0.15, 0.2) is 5.78 Å². The number of benzene rings is 3. The zero-order chi connectivity index (χ0) is 42.8. The maximum Gasteiger partial charge on any atom is 0.262 e. The first-order valence-electron chi connectivity index (χ1n) is 20.6. The molecule has 5 atom stereocenters. The molecule has 2 aliphatic rings. The first-order valence-corrected chi connectivity index (χ1v) is 22.6. The minimum Gasteiger partial charge on any atom is -0.398 e. The fraction of sp³-hybridized carbons (Fsp3) is 0.435. The van der Waals surface area contributed by atoms with Gasteiger partial charge in [-0.05, 0) is 73.5 Å². The predicted octanol–water partition coefficient (Wildman–Crippen LogP) is 4.54. The summed E-state index contributed by atoms with van der Waals surface area (Å²) in [5.41, 5.74) is -0.919. The number of rotatable bonds is 14. The number of carbonyl (C=O) groups excluding carboxylic acids is 6. The molecule has 2 aliphatic heterocycles. The maximum absolute atomic E-state index is 14.0. The Morgan fingerprint density at radius 2 is 1.47 bits per heavy atom. The lowest BCUT2D eigenvalue weighted by Gasteiger charge is -2.44. The molecule has 3 aromatic carbocycles. The first kappa shape index (κ1) is 44.7. The van der Waals surface area contributed by atoms with Crippen molar-refractivity contribution in [2.75, 3.05) is 11.9 Å². The normalized spacial score (nSPS) is 22.3. The lowest BCUT2D eigenvalue weighted by atomic mass is 9.95. The van der Waals surface area contributed by atoms with Crippen LogP contribution in [-0.4, -0.2) is 84.8 Å². The Morgan fingerprint density at radius 3 is 2.05 bits per heavy atom. The van der Waals surface area contributed by atoms with Crippen molar-refractivity contribution in [2.45, 2.75) is 121 Å². The number of nitrogens with one attached hydrogen (secondary N) is 4. The predicted molar refractivity (Wildman–Crippen MR) is 231 cm³/mol. The maximum atomic E-state index is 14.0. The Bertz CT molecular complexity index is 1950. The van der Waals surface area contributed by atoms with Crippen molar-refractivity contribution in [2.24, 2.45) is 0 Å². The van der Waals surface area contributed by atoms with Crippen LogP contribution < -0.4 is 31.6 Å². The molecule has 12 nitrogen and oxygen atoms in total. The zero-order valence-electron chi connectivity index (χ0n) is 35.1. The third-order valence-electron chi connectivity index (χ3n) is 11.5. The second kappa shape index (κ2) is 19.6. The molecule has 0 saturated carbocycles. The molecule has 0 aliphatic carbocycles. The van der Waals surface area contributed by atoms with E-state index in [-0.39, 0.29) is 43.0 Å². The van der Waals surface area contributed by atoms with Gasteiger partial charge in [0.05, 0.1) is 6.42 Å². The standard InChI is InChI=1S/C46H59N5O7Si/c1-7-46(6)44(57)49-37(31-40(53)47-33-21-12-8-13-22-33)43(56)51-30-20-28-38(51)42(55)48-36(41(54)50-46)27-18-11-19-29-39(52)32(2)58-59(45(3,4)5,34-23-14-9-15-24-34)35-25-16-10-17-26-35/h8-17,19,21-26,32,36-38H,7,18,20,27-31H2,1-6H3,(H,47,53)(H,48,55)(H,49,57)(H,50,54)/t32-,36+,37+,38-,46+/m1/s1. The van der Waals surface area contributed by atoms with Crippen LogP contribution >= 0.6 is 0 Å². The van der Waals surface area contributed by atoms with Gasteiger partial charge in [-0.15, -0.1) is 0 Å². The van der Waals surface area contributed by atoms with Crippen molar-refractivity contribution in [3.63, 3.8) is 0 Å². The van der Waals surface area contributed by atoms with Crippen LogP contribution in [-0.2, 0) is 33.2 Å². The second-order valence-electron chi connectivity index (χ2n) is 16.7. The van der Waals surface area contributed by atoms with Crippen LogP contribution in [0.2, 0.25) is 5.04 Å². The molecule has 2 heterocycles. The lowest BCUT2D eigenvalue weighted by molar-refractivity contribution is -0.145. The van der Waals surface area contributed by atoms with Gasteiger partial charge in [-0.25, -0.2) is 0 Å². The van der Waals surface area contributed by atoms with Crippen LogP contribution in [0.1, 0.15) is 86.5 Å². The van der Waals surface area contributed by atoms with E-state index in [9.17, 15) is 28.8 Å². The summed E-state index contributed by atoms with van der Waals surface area (Å²) in [6.07, 6.45) is 4.23. The highest BCUT2D eigenvalue weighted by atomic mass is 28.4. The molecular weight excluding hydrogens is 763 g/mol. The van der Waals surface area contributed by atoms with Gasteiger partial charge < -0.3 is 30.6 Å². The van der Waals surface area contributed by atoms with Crippen LogP contribution in [0.25, 0.3) is 0 Å². The molecule has 4 N–H and O–H groups in total. The summed E-state index contributed by atoms with van der Waals surface area (Å²) in [6.45, 7) is 11.8. The molecule has 5 rings (SSSR count). The molecule has 0 spiro atoms. The number of amides is 5. The van der Waals surface area contributed by atoms with Crippen LogP contribution in [0.15, 0.2) is 103 Å². The van der Waals surface area contributed by atoms with Crippen molar-refractivity contribution in [3.05, 3.63) is 103 Å². The number of carbonyl (C=O) groups is 6. The van der Waals surface area contributed by atoms with Gasteiger partial charge in [0, 0.05) is 18.7 Å². The molecule has 314 valence electrons. The molecule has 13 heteroatoms. The van der Waals surface area contributed by atoms with Gasteiger partial charge in [0.2, 0.25) is 29.5 Å². The fourth-order valence-electron chi connectivity index (χ4n) is 7.91. The first-order chi connectivity index (χ1) is 28.1. The number of para-hydroxylation sites is 1. The van der Waals surface area contributed by atoms with Crippen LogP contribution in [0.3, 0.4) is 0 Å². The quantitative estimate of drug-likeness (QED) is 0.137. The number of ketones is 1. The summed E-state index contributed by atoms with van der Waals surface area (Å²) in [5.74, 6) is -2.76. The molecule has 0 unspecified atom stereocenters. The van der Waals surface area contributed by atoms with Gasteiger partial charge >= 0.3 is 0 Å². The number of hydrogen-bond donors (Lipinski definition) is 4. The van der Waals surface area contributed by atoms with Crippen molar-refractivity contribution in [1.82, 2.24) is 20.9 Å². The molecule has 0 radical (unpaired) electrons. The Morgan fingerprint density at radius 1 is 0.881 bits per heavy atom. The Kier molecular flexibility index (Phi) is 14.8. The number of Topliss-reactive ketones (excluding diaryl/α,β-unsaturated/α-hetero) is 1. The smallest absolute Gasteiger partial charge is 0.262 e. The third kappa shape index (κ3) is 10.6. The summed E-state index contributed by atoms with van der Waals surface area (Å²) in [5, 5.41) is 13.0. The van der Waals surface area contributed by atoms with Gasteiger partial charge in [-0.3, -0.25) is 28.8 Å². The summed E-state index contributed by atoms with van der Waals surface area (Å²) >= 11 is 0. The SMILES string of the molecule is CC[C@]1(C)NC(=O)[C@H](CCC=CCC(=O)[C@@H](C)O[Si](c2ccccc2)(c2ccccc2)C(C)(C)C)NC(=O)[C@H]2CCCN2C(=O)[C@H](CC(=O)Nc2ccccc2)NC1=O. The van der Waals surface area contributed by atoms with Gasteiger partial charge in [-0.1, -0.05) is 119 Å². The Hall–Kier alpha value is -5.40. The van der Waals surface area contributed by atoms with E-state index in [1.807, 2.05) is 48.5 Å². The zero-order valence-corrected chi connectivity index (χ0v) is 36.1. The Balaban J connectivity index is 1.27. The van der Waals surface area contributed by atoms with E-state index in [0.29, 0.717) is 24.9 Å². The van der Waals surface area contributed by atoms with E-state index in [1.165, 1.54) is 4.90 Å². The van der Waals surface area contributed by atoms with Crippen molar-refractivity contribution >= 4 is 59.7 Å². The number of anilines is 1. The minimum atomic E-state index is -2.95. The molecular formula is C46H59N5O7Si. The topological polar surface area (TPSA) is 163 Å². The van der Waals surface area contributed by atoms with Gasteiger partial charge in [0.1, 0.15) is 29.8 Å². The highest BCUT2D eigenvalue weighted by molar-refractivity contribution is 6.99. The highest BCUT2D eigenvalue weighted by Gasteiger charge is 2.51. The van der Waals surface area contributed by atoms with E-state index < -0.39 is 67.6 Å². The summed E-state index contributed by atoms with van der Waals surface area (Å²) < 4.78 is 6.99. The number of allylic oxidation sites excluding steroid dienone is 2. The lowest BCUT2D eigenvalue weighted by Crippen LogP contribution is -2.68.